The van der Waals surface area contributed by atoms with Gasteiger partial charge in [-0.1, -0.05) is 27.6 Å². The van der Waals surface area contributed by atoms with Gasteiger partial charge in [0.1, 0.15) is 11.3 Å². The number of aryl methyl sites for hydroxylation is 2. The molecule has 0 radical (unpaired) electrons. The Kier molecular flexibility index (Phi) is 3.31. The number of hydrogen-bond acceptors (Lipinski definition) is 2. The second-order valence-corrected chi connectivity index (χ2v) is 7.04. The first kappa shape index (κ1) is 14.5. The molecule has 1 unspecified atom stereocenters. The number of amides is 1. The van der Waals surface area contributed by atoms with Crippen LogP contribution in [-0.4, -0.2) is 5.91 Å². The molecule has 1 amide bonds. The molecule has 1 aromatic heterocycles. The molecule has 0 spiro atoms. The third-order valence-electron chi connectivity index (χ3n) is 4.54. The number of nitrogens with one attached hydrogen (secondary N) is 1. The molecule has 4 heteroatoms. The van der Waals surface area contributed by atoms with Crippen molar-refractivity contribution in [1.29, 1.82) is 0 Å². The van der Waals surface area contributed by atoms with E-state index in [-0.39, 0.29) is 11.8 Å². The van der Waals surface area contributed by atoms with Gasteiger partial charge in [0.15, 0.2) is 0 Å². The minimum absolute atomic E-state index is 0.0362. The van der Waals surface area contributed by atoms with E-state index in [1.165, 1.54) is 5.56 Å². The first-order valence-electron chi connectivity index (χ1n) is 7.62. The third kappa shape index (κ3) is 2.38. The minimum atomic E-state index is -0.206. The lowest BCUT2D eigenvalue weighted by molar-refractivity contribution is -0.117. The van der Waals surface area contributed by atoms with Crippen LogP contribution < -0.4 is 5.32 Å². The summed E-state index contributed by atoms with van der Waals surface area (Å²) in [7, 11) is 0. The average Bonchev–Trinajstić information content (AvgIpc) is 2.99. The van der Waals surface area contributed by atoms with Crippen molar-refractivity contribution in [3.05, 3.63) is 63.3 Å². The highest BCUT2D eigenvalue weighted by molar-refractivity contribution is 9.10. The fourth-order valence-electron chi connectivity index (χ4n) is 3.26. The summed E-state index contributed by atoms with van der Waals surface area (Å²) in [5.41, 5.74) is 5.14. The van der Waals surface area contributed by atoms with Gasteiger partial charge in [-0.3, -0.25) is 4.79 Å². The van der Waals surface area contributed by atoms with Gasteiger partial charge < -0.3 is 9.73 Å². The van der Waals surface area contributed by atoms with Crippen LogP contribution in [0, 0.1) is 13.8 Å². The molecule has 116 valence electrons. The highest BCUT2D eigenvalue weighted by Gasteiger charge is 2.32. The topological polar surface area (TPSA) is 42.2 Å². The summed E-state index contributed by atoms with van der Waals surface area (Å²) in [5.74, 6) is 0.718. The van der Waals surface area contributed by atoms with Gasteiger partial charge in [0.2, 0.25) is 5.91 Å². The molecule has 1 atom stereocenters. The number of carbonyl (C=O) groups excluding carboxylic acids is 1. The standard InChI is InChI=1S/C19H16BrNO2/c1-10-3-6-17-13(7-10)11(2)18(23-17)9-15-14-8-12(20)4-5-16(14)21-19(15)22/h3-8,15H,9H2,1-2H3,(H,21,22). The lowest BCUT2D eigenvalue weighted by atomic mass is 9.94. The number of rotatable bonds is 2. The van der Waals surface area contributed by atoms with Gasteiger partial charge in [0.25, 0.3) is 0 Å². The molecule has 2 aromatic carbocycles. The highest BCUT2D eigenvalue weighted by atomic mass is 79.9. The molecule has 0 saturated carbocycles. The van der Waals surface area contributed by atoms with Gasteiger partial charge in [-0.15, -0.1) is 0 Å². The van der Waals surface area contributed by atoms with Crippen LogP contribution >= 0.6 is 15.9 Å². The van der Waals surface area contributed by atoms with E-state index in [9.17, 15) is 4.79 Å². The van der Waals surface area contributed by atoms with Crippen molar-refractivity contribution in [2.45, 2.75) is 26.2 Å². The molecule has 4 rings (SSSR count). The second-order valence-electron chi connectivity index (χ2n) is 6.13. The summed E-state index contributed by atoms with van der Waals surface area (Å²) in [6.07, 6.45) is 0.578. The van der Waals surface area contributed by atoms with E-state index in [0.29, 0.717) is 6.42 Å². The average molecular weight is 370 g/mol. The first-order valence-corrected chi connectivity index (χ1v) is 8.41. The Morgan fingerprint density at radius 1 is 1.17 bits per heavy atom. The number of fused-ring (bicyclic) bond motifs is 2. The molecule has 3 aromatic rings. The lowest BCUT2D eigenvalue weighted by Crippen LogP contribution is -2.14. The first-order chi connectivity index (χ1) is 11.0. The quantitative estimate of drug-likeness (QED) is 0.683. The fraction of sp³-hybridized carbons (Fsp3) is 0.211. The van der Waals surface area contributed by atoms with Crippen molar-refractivity contribution in [1.82, 2.24) is 0 Å². The normalized spacial score (nSPS) is 16.7. The number of halogens is 1. The third-order valence-corrected chi connectivity index (χ3v) is 5.04. The lowest BCUT2D eigenvalue weighted by Gasteiger charge is -2.08. The zero-order valence-corrected chi connectivity index (χ0v) is 14.5. The Hall–Kier alpha value is -2.07. The van der Waals surface area contributed by atoms with Crippen LogP contribution in [0.25, 0.3) is 11.0 Å². The summed E-state index contributed by atoms with van der Waals surface area (Å²) < 4.78 is 7.00. The number of carbonyl (C=O) groups is 1. The highest BCUT2D eigenvalue weighted by Crippen LogP contribution is 2.38. The molecule has 3 nitrogen and oxygen atoms in total. The van der Waals surface area contributed by atoms with Gasteiger partial charge in [-0.25, -0.2) is 0 Å². The largest absolute Gasteiger partial charge is 0.461 e. The number of furan rings is 1. The number of anilines is 1. The Morgan fingerprint density at radius 3 is 2.83 bits per heavy atom. The minimum Gasteiger partial charge on any atom is -0.461 e. The van der Waals surface area contributed by atoms with Crippen LogP contribution in [0.15, 0.2) is 45.3 Å². The zero-order chi connectivity index (χ0) is 16.1. The maximum Gasteiger partial charge on any atom is 0.232 e. The van der Waals surface area contributed by atoms with Crippen LogP contribution in [0.3, 0.4) is 0 Å². The van der Waals surface area contributed by atoms with Crippen LogP contribution in [0.5, 0.6) is 0 Å². The molecule has 1 aliphatic rings. The molecule has 0 saturated heterocycles. The second kappa shape index (κ2) is 5.24. The smallest absolute Gasteiger partial charge is 0.232 e. The van der Waals surface area contributed by atoms with Gasteiger partial charge in [-0.05, 0) is 55.3 Å². The van der Waals surface area contributed by atoms with Crippen molar-refractivity contribution < 1.29 is 9.21 Å². The van der Waals surface area contributed by atoms with Crippen molar-refractivity contribution in [3.8, 4) is 0 Å². The predicted octanol–water partition coefficient (Wildman–Crippen LogP) is 5.09. The molecule has 1 aliphatic heterocycles. The summed E-state index contributed by atoms with van der Waals surface area (Å²) in [5, 5.41) is 4.09. The summed E-state index contributed by atoms with van der Waals surface area (Å²) in [6.45, 7) is 4.14. The van der Waals surface area contributed by atoms with Crippen molar-refractivity contribution in [2.75, 3.05) is 5.32 Å². The van der Waals surface area contributed by atoms with Crippen molar-refractivity contribution in [2.24, 2.45) is 0 Å². The Labute approximate surface area is 142 Å². The summed E-state index contributed by atoms with van der Waals surface area (Å²) >= 11 is 3.49. The number of benzene rings is 2. The maximum atomic E-state index is 12.4. The van der Waals surface area contributed by atoms with E-state index < -0.39 is 0 Å². The van der Waals surface area contributed by atoms with Crippen LogP contribution in [0.1, 0.15) is 28.4 Å². The van der Waals surface area contributed by atoms with Gasteiger partial charge in [0, 0.05) is 22.0 Å². The summed E-state index contributed by atoms with van der Waals surface area (Å²) in [4.78, 5) is 12.4. The van der Waals surface area contributed by atoms with Gasteiger partial charge in [-0.2, -0.15) is 0 Å². The molecule has 1 N–H and O–H groups in total. The Balaban J connectivity index is 1.76. The van der Waals surface area contributed by atoms with Gasteiger partial charge >= 0.3 is 0 Å². The summed E-state index contributed by atoms with van der Waals surface area (Å²) in [6, 6.07) is 12.1. The van der Waals surface area contributed by atoms with Crippen LogP contribution in [-0.2, 0) is 11.2 Å². The zero-order valence-electron chi connectivity index (χ0n) is 12.9. The van der Waals surface area contributed by atoms with E-state index >= 15 is 0 Å². The Morgan fingerprint density at radius 2 is 2.00 bits per heavy atom. The molecule has 0 aliphatic carbocycles. The van der Waals surface area contributed by atoms with Crippen molar-refractivity contribution in [3.63, 3.8) is 0 Å². The predicted molar refractivity (Wildman–Crippen MR) is 94.9 cm³/mol. The molecular formula is C19H16BrNO2. The van der Waals surface area contributed by atoms with E-state index in [2.05, 4.69) is 41.2 Å². The number of hydrogen-bond donors (Lipinski definition) is 1. The molecule has 2 heterocycles. The molecular weight excluding hydrogens is 354 g/mol. The Bertz CT molecular complexity index is 942. The maximum absolute atomic E-state index is 12.4. The van der Waals surface area contributed by atoms with Crippen LogP contribution in [0.4, 0.5) is 5.69 Å². The van der Waals surface area contributed by atoms with Crippen LogP contribution in [0.2, 0.25) is 0 Å². The van der Waals surface area contributed by atoms with E-state index in [1.54, 1.807) is 0 Å². The molecule has 0 bridgehead atoms. The van der Waals surface area contributed by atoms with Gasteiger partial charge in [0.05, 0.1) is 5.92 Å². The fourth-order valence-corrected chi connectivity index (χ4v) is 3.64. The SMILES string of the molecule is Cc1ccc2oc(CC3C(=O)Nc4ccc(Br)cc43)c(C)c2c1. The molecule has 23 heavy (non-hydrogen) atoms. The monoisotopic (exact) mass is 369 g/mol. The molecule has 0 fully saturated rings. The van der Waals surface area contributed by atoms with E-state index in [1.807, 2.05) is 30.3 Å². The van der Waals surface area contributed by atoms with E-state index in [0.717, 1.165) is 38.0 Å². The van der Waals surface area contributed by atoms with Crippen molar-refractivity contribution >= 4 is 38.5 Å². The van der Waals surface area contributed by atoms with E-state index in [4.69, 9.17) is 4.42 Å².